The van der Waals surface area contributed by atoms with E-state index in [0.717, 1.165) is 63.4 Å². The Balaban J connectivity index is 1.40. The number of hydrogen-bond acceptors (Lipinski definition) is 7. The largest absolute Gasteiger partial charge is 0.353 e. The zero-order valence-electron chi connectivity index (χ0n) is 14.8. The van der Waals surface area contributed by atoms with E-state index in [1.54, 1.807) is 0 Å². The van der Waals surface area contributed by atoms with E-state index in [2.05, 4.69) is 36.6 Å². The Hall–Kier alpha value is -2.44. The molecule has 7 nitrogen and oxygen atoms in total. The van der Waals surface area contributed by atoms with Gasteiger partial charge in [0, 0.05) is 57.9 Å². The highest BCUT2D eigenvalue weighted by Gasteiger charge is 2.21. The molecule has 25 heavy (non-hydrogen) atoms. The van der Waals surface area contributed by atoms with Crippen LogP contribution in [0.25, 0.3) is 0 Å². The monoisotopic (exact) mass is 339 g/mol. The standard InChI is InChI=1S/C18H25N7/c1-2-15-13-20-17(21-14-15)25-11-9-23(10-12-25)16-5-6-19-18(22-16)24-7-3-4-8-24/h5-6,13-14H,2-4,7-12H2,1H3. The van der Waals surface area contributed by atoms with E-state index in [9.17, 15) is 0 Å². The smallest absolute Gasteiger partial charge is 0.227 e. The van der Waals surface area contributed by atoms with Crippen molar-refractivity contribution in [2.24, 2.45) is 0 Å². The second-order valence-electron chi connectivity index (χ2n) is 6.63. The van der Waals surface area contributed by atoms with Crippen molar-refractivity contribution in [2.45, 2.75) is 26.2 Å². The third kappa shape index (κ3) is 3.50. The van der Waals surface area contributed by atoms with Gasteiger partial charge in [0.25, 0.3) is 0 Å². The van der Waals surface area contributed by atoms with Gasteiger partial charge in [-0.15, -0.1) is 0 Å². The van der Waals surface area contributed by atoms with E-state index >= 15 is 0 Å². The van der Waals surface area contributed by atoms with Gasteiger partial charge in [0.15, 0.2) is 0 Å². The molecule has 0 amide bonds. The summed E-state index contributed by atoms with van der Waals surface area (Å²) in [6.45, 7) is 7.94. The number of aryl methyl sites for hydroxylation is 1. The predicted octanol–water partition coefficient (Wildman–Crippen LogP) is 1.76. The van der Waals surface area contributed by atoms with Crippen LogP contribution in [0.3, 0.4) is 0 Å². The Morgan fingerprint density at radius 2 is 1.44 bits per heavy atom. The molecule has 0 unspecified atom stereocenters. The number of aromatic nitrogens is 4. The number of piperazine rings is 1. The maximum Gasteiger partial charge on any atom is 0.227 e. The van der Waals surface area contributed by atoms with E-state index in [1.807, 2.05) is 24.7 Å². The molecule has 2 aliphatic heterocycles. The van der Waals surface area contributed by atoms with Crippen molar-refractivity contribution in [3.63, 3.8) is 0 Å². The molecule has 0 radical (unpaired) electrons. The van der Waals surface area contributed by atoms with Crippen LogP contribution >= 0.6 is 0 Å². The van der Waals surface area contributed by atoms with Crippen LogP contribution in [-0.2, 0) is 6.42 Å². The van der Waals surface area contributed by atoms with Crippen LogP contribution in [0.15, 0.2) is 24.7 Å². The number of rotatable bonds is 4. The maximum atomic E-state index is 4.79. The molecule has 0 bridgehead atoms. The van der Waals surface area contributed by atoms with Crippen LogP contribution in [0.5, 0.6) is 0 Å². The Morgan fingerprint density at radius 1 is 0.800 bits per heavy atom. The molecule has 0 aromatic carbocycles. The molecule has 0 atom stereocenters. The second-order valence-corrected chi connectivity index (χ2v) is 6.63. The highest BCUT2D eigenvalue weighted by molar-refractivity contribution is 5.46. The van der Waals surface area contributed by atoms with Crippen molar-refractivity contribution in [1.29, 1.82) is 0 Å². The van der Waals surface area contributed by atoms with E-state index in [0.29, 0.717) is 0 Å². The van der Waals surface area contributed by atoms with Gasteiger partial charge >= 0.3 is 0 Å². The van der Waals surface area contributed by atoms with Gasteiger partial charge in [-0.1, -0.05) is 6.92 Å². The molecular formula is C18H25N7. The fraction of sp³-hybridized carbons (Fsp3) is 0.556. The summed E-state index contributed by atoms with van der Waals surface area (Å²) in [5.41, 5.74) is 1.18. The molecule has 2 saturated heterocycles. The summed E-state index contributed by atoms with van der Waals surface area (Å²) in [5, 5.41) is 0. The van der Waals surface area contributed by atoms with Gasteiger partial charge in [-0.2, -0.15) is 4.98 Å². The zero-order chi connectivity index (χ0) is 17.1. The quantitative estimate of drug-likeness (QED) is 0.841. The van der Waals surface area contributed by atoms with Crippen LogP contribution in [0.4, 0.5) is 17.7 Å². The lowest BCUT2D eigenvalue weighted by Crippen LogP contribution is -2.47. The van der Waals surface area contributed by atoms with Gasteiger partial charge in [0.05, 0.1) is 0 Å². The summed E-state index contributed by atoms with van der Waals surface area (Å²) >= 11 is 0. The predicted molar refractivity (Wildman–Crippen MR) is 99.3 cm³/mol. The van der Waals surface area contributed by atoms with Crippen molar-refractivity contribution in [3.8, 4) is 0 Å². The van der Waals surface area contributed by atoms with Gasteiger partial charge in [-0.05, 0) is 30.9 Å². The fourth-order valence-electron chi connectivity index (χ4n) is 3.41. The third-order valence-electron chi connectivity index (χ3n) is 5.00. The lowest BCUT2D eigenvalue weighted by Gasteiger charge is -2.35. The van der Waals surface area contributed by atoms with Crippen LogP contribution in [0.2, 0.25) is 0 Å². The van der Waals surface area contributed by atoms with Gasteiger partial charge in [-0.25, -0.2) is 15.0 Å². The molecular weight excluding hydrogens is 314 g/mol. The van der Waals surface area contributed by atoms with Gasteiger partial charge in [-0.3, -0.25) is 0 Å². The highest BCUT2D eigenvalue weighted by atomic mass is 15.3. The average molecular weight is 339 g/mol. The van der Waals surface area contributed by atoms with E-state index in [1.165, 1.54) is 18.4 Å². The molecule has 0 N–H and O–H groups in total. The fourth-order valence-corrected chi connectivity index (χ4v) is 3.41. The molecule has 7 heteroatoms. The van der Waals surface area contributed by atoms with E-state index < -0.39 is 0 Å². The lowest BCUT2D eigenvalue weighted by atomic mass is 10.3. The number of hydrogen-bond donors (Lipinski definition) is 0. The first-order chi connectivity index (χ1) is 12.3. The van der Waals surface area contributed by atoms with Crippen molar-refractivity contribution in [3.05, 3.63) is 30.2 Å². The maximum absolute atomic E-state index is 4.79. The third-order valence-corrected chi connectivity index (χ3v) is 5.00. The summed E-state index contributed by atoms with van der Waals surface area (Å²) in [4.78, 5) is 25.1. The molecule has 4 rings (SSSR count). The highest BCUT2D eigenvalue weighted by Crippen LogP contribution is 2.20. The molecule has 2 fully saturated rings. The first-order valence-electron chi connectivity index (χ1n) is 9.22. The number of nitrogens with zero attached hydrogens (tertiary/aromatic N) is 7. The molecule has 0 spiro atoms. The van der Waals surface area contributed by atoms with Crippen LogP contribution < -0.4 is 14.7 Å². The first kappa shape index (κ1) is 16.1. The number of anilines is 3. The lowest BCUT2D eigenvalue weighted by molar-refractivity contribution is 0.633. The Morgan fingerprint density at radius 3 is 2.12 bits per heavy atom. The zero-order valence-corrected chi connectivity index (χ0v) is 14.8. The summed E-state index contributed by atoms with van der Waals surface area (Å²) in [6, 6.07) is 2.02. The van der Waals surface area contributed by atoms with E-state index in [4.69, 9.17) is 4.98 Å². The van der Waals surface area contributed by atoms with Crippen molar-refractivity contribution in [1.82, 2.24) is 19.9 Å². The minimum Gasteiger partial charge on any atom is -0.353 e. The van der Waals surface area contributed by atoms with Gasteiger partial charge in [0.1, 0.15) is 5.82 Å². The molecule has 2 aromatic rings. The summed E-state index contributed by atoms with van der Waals surface area (Å²) in [5.74, 6) is 2.73. The normalized spacial score (nSPS) is 18.0. The second kappa shape index (κ2) is 7.21. The molecule has 0 aliphatic carbocycles. The Bertz CT molecular complexity index is 689. The van der Waals surface area contributed by atoms with Crippen LogP contribution in [0, 0.1) is 0 Å². The Labute approximate surface area is 148 Å². The van der Waals surface area contributed by atoms with Crippen LogP contribution in [0.1, 0.15) is 25.3 Å². The first-order valence-corrected chi connectivity index (χ1v) is 9.22. The minimum atomic E-state index is 0.831. The minimum absolute atomic E-state index is 0.831. The topological polar surface area (TPSA) is 61.3 Å². The average Bonchev–Trinajstić information content (AvgIpc) is 3.23. The summed E-state index contributed by atoms with van der Waals surface area (Å²) in [7, 11) is 0. The Kier molecular flexibility index (Phi) is 4.63. The SMILES string of the molecule is CCc1cnc(N2CCN(c3ccnc(N4CCCC4)n3)CC2)nc1. The molecule has 0 saturated carbocycles. The van der Waals surface area contributed by atoms with Gasteiger partial charge < -0.3 is 14.7 Å². The summed E-state index contributed by atoms with van der Waals surface area (Å²) < 4.78 is 0. The van der Waals surface area contributed by atoms with Crippen molar-refractivity contribution >= 4 is 17.7 Å². The van der Waals surface area contributed by atoms with E-state index in [-0.39, 0.29) is 0 Å². The van der Waals surface area contributed by atoms with Crippen LogP contribution in [-0.4, -0.2) is 59.2 Å². The van der Waals surface area contributed by atoms with Crippen molar-refractivity contribution < 1.29 is 0 Å². The van der Waals surface area contributed by atoms with Gasteiger partial charge in [0.2, 0.25) is 11.9 Å². The molecule has 132 valence electrons. The molecule has 2 aromatic heterocycles. The molecule has 2 aliphatic rings. The van der Waals surface area contributed by atoms with Crippen molar-refractivity contribution in [2.75, 3.05) is 54.0 Å². The molecule has 4 heterocycles. The summed E-state index contributed by atoms with van der Waals surface area (Å²) in [6.07, 6.45) is 9.20.